The van der Waals surface area contributed by atoms with Crippen molar-refractivity contribution < 1.29 is 14.6 Å². The Morgan fingerprint density at radius 2 is 1.94 bits per heavy atom. The molecule has 1 fully saturated rings. The predicted octanol–water partition coefficient (Wildman–Crippen LogP) is 3.29. The molecule has 2 aromatic carbocycles. The molecule has 9 nitrogen and oxygen atoms in total. The summed E-state index contributed by atoms with van der Waals surface area (Å²) in [6.45, 7) is 2.47. The Kier molecular flexibility index (Phi) is 6.42. The summed E-state index contributed by atoms with van der Waals surface area (Å²) in [6, 6.07) is 12.9. The van der Waals surface area contributed by atoms with E-state index in [1.54, 1.807) is 18.2 Å². The summed E-state index contributed by atoms with van der Waals surface area (Å²) in [5.74, 6) is 0.144. The number of ether oxygens (including phenoxy) is 1. The summed E-state index contributed by atoms with van der Waals surface area (Å²) in [5, 5.41) is 16.8. The fraction of sp³-hybridized carbons (Fsp3) is 0.261. The molecule has 1 aromatic heterocycles. The number of aromatic nitrogens is 2. The topological polar surface area (TPSA) is 103 Å². The Bertz CT molecular complexity index is 1190. The molecule has 2 aliphatic heterocycles. The van der Waals surface area contributed by atoms with Crippen LogP contribution in [0.25, 0.3) is 0 Å². The van der Waals surface area contributed by atoms with Crippen LogP contribution in [-0.4, -0.2) is 60.0 Å². The molecule has 1 unspecified atom stereocenters. The van der Waals surface area contributed by atoms with Crippen molar-refractivity contribution in [1.29, 1.82) is 0 Å². The second-order valence-electron chi connectivity index (χ2n) is 7.90. The largest absolute Gasteiger partial charge is 0.455 e. The summed E-state index contributed by atoms with van der Waals surface area (Å²) >= 11 is 12.5. The lowest BCUT2D eigenvalue weighted by atomic mass is 10.1. The number of carbonyl (C=O) groups excluding carboxylic acids is 1. The van der Waals surface area contributed by atoms with E-state index in [1.165, 1.54) is 11.1 Å². The van der Waals surface area contributed by atoms with Crippen molar-refractivity contribution in [1.82, 2.24) is 15.3 Å². The molecule has 34 heavy (non-hydrogen) atoms. The van der Waals surface area contributed by atoms with Crippen molar-refractivity contribution in [2.24, 2.45) is 0 Å². The van der Waals surface area contributed by atoms with Gasteiger partial charge in [0.2, 0.25) is 11.8 Å². The standard InChI is InChI=1S/C23H22Cl2N6O3/c24-18-2-1-3-19(25)20(18)31-13-34-21-17(22(31)33)11-27-23(29-21)28-14-4-6-15(7-5-14)30-9-8-26-10-16(30)12-32/h1-7,11,16,26,32H,8-10,12-13H2,(H,27,28,29). The highest BCUT2D eigenvalue weighted by molar-refractivity contribution is 6.40. The first kappa shape index (κ1) is 22.7. The number of aliphatic hydroxyl groups excluding tert-OH is 1. The Hall–Kier alpha value is -3.11. The third-order valence-electron chi connectivity index (χ3n) is 5.78. The minimum atomic E-state index is -0.346. The number of rotatable bonds is 5. The molecule has 0 spiro atoms. The minimum Gasteiger partial charge on any atom is -0.455 e. The number of hydrogen-bond acceptors (Lipinski definition) is 8. The highest BCUT2D eigenvalue weighted by Crippen LogP contribution is 2.37. The van der Waals surface area contributed by atoms with E-state index >= 15 is 0 Å². The number of piperazine rings is 1. The second kappa shape index (κ2) is 9.63. The molecule has 176 valence electrons. The van der Waals surface area contributed by atoms with Crippen LogP contribution in [0.3, 0.4) is 0 Å². The SMILES string of the molecule is O=C1c2cnc(Nc3ccc(N4CCNCC4CO)cc3)nc2OCN1c1c(Cl)cccc1Cl. The van der Waals surface area contributed by atoms with Gasteiger partial charge in [0.05, 0.1) is 28.4 Å². The monoisotopic (exact) mass is 500 g/mol. The number of amides is 1. The van der Waals surface area contributed by atoms with E-state index in [0.29, 0.717) is 21.7 Å². The van der Waals surface area contributed by atoms with Crippen molar-refractivity contribution in [2.45, 2.75) is 6.04 Å². The molecule has 3 N–H and O–H groups in total. The number of para-hydroxylation sites is 1. The Morgan fingerprint density at radius 1 is 1.18 bits per heavy atom. The van der Waals surface area contributed by atoms with E-state index in [9.17, 15) is 9.90 Å². The summed E-state index contributed by atoms with van der Waals surface area (Å²) < 4.78 is 5.73. The van der Waals surface area contributed by atoms with Crippen LogP contribution in [0.4, 0.5) is 23.0 Å². The number of fused-ring (bicyclic) bond motifs is 1. The van der Waals surface area contributed by atoms with Crippen molar-refractivity contribution in [3.63, 3.8) is 0 Å². The van der Waals surface area contributed by atoms with Gasteiger partial charge in [0, 0.05) is 37.2 Å². The molecule has 0 aliphatic carbocycles. The number of hydrogen-bond donors (Lipinski definition) is 3. The van der Waals surface area contributed by atoms with Crippen LogP contribution >= 0.6 is 23.2 Å². The Balaban J connectivity index is 1.31. The van der Waals surface area contributed by atoms with E-state index in [0.717, 1.165) is 31.0 Å². The van der Waals surface area contributed by atoms with Gasteiger partial charge >= 0.3 is 0 Å². The van der Waals surface area contributed by atoms with Gasteiger partial charge < -0.3 is 25.4 Å². The van der Waals surface area contributed by atoms with Crippen LogP contribution in [0.15, 0.2) is 48.7 Å². The van der Waals surface area contributed by atoms with Crippen molar-refractivity contribution >= 4 is 52.1 Å². The first-order valence-electron chi connectivity index (χ1n) is 10.8. The predicted molar refractivity (Wildman–Crippen MR) is 132 cm³/mol. The molecule has 3 aromatic rings. The normalized spacial score (nSPS) is 17.9. The summed E-state index contributed by atoms with van der Waals surface area (Å²) in [4.78, 5) is 25.2. The number of nitrogens with zero attached hydrogens (tertiary/aromatic N) is 4. The Morgan fingerprint density at radius 3 is 2.68 bits per heavy atom. The van der Waals surface area contributed by atoms with Gasteiger partial charge in [-0.3, -0.25) is 9.69 Å². The van der Waals surface area contributed by atoms with Crippen LogP contribution in [0.5, 0.6) is 5.88 Å². The van der Waals surface area contributed by atoms with Crippen LogP contribution in [0, 0.1) is 0 Å². The average Bonchev–Trinajstić information content (AvgIpc) is 2.86. The molecule has 0 saturated carbocycles. The second-order valence-corrected chi connectivity index (χ2v) is 8.71. The fourth-order valence-corrected chi connectivity index (χ4v) is 4.66. The Labute approximate surface area is 206 Å². The van der Waals surface area contributed by atoms with Gasteiger partial charge in [-0.25, -0.2) is 4.98 Å². The molecule has 5 rings (SSSR count). The zero-order valence-electron chi connectivity index (χ0n) is 18.0. The third-order valence-corrected chi connectivity index (χ3v) is 6.39. The number of halogens is 2. The zero-order valence-corrected chi connectivity index (χ0v) is 19.6. The number of anilines is 4. The van der Waals surface area contributed by atoms with Crippen molar-refractivity contribution in [2.75, 3.05) is 48.1 Å². The van der Waals surface area contributed by atoms with Gasteiger partial charge in [-0.05, 0) is 36.4 Å². The fourth-order valence-electron chi connectivity index (χ4n) is 4.06. The van der Waals surface area contributed by atoms with Crippen molar-refractivity contribution in [3.05, 3.63) is 64.3 Å². The maximum Gasteiger partial charge on any atom is 0.268 e. The zero-order chi connectivity index (χ0) is 23.7. The van der Waals surface area contributed by atoms with E-state index in [-0.39, 0.29) is 36.7 Å². The molecular formula is C23H22Cl2N6O3. The summed E-state index contributed by atoms with van der Waals surface area (Å²) in [6.07, 6.45) is 1.42. The number of carbonyl (C=O) groups is 1. The average molecular weight is 501 g/mol. The highest BCUT2D eigenvalue weighted by Gasteiger charge is 2.31. The van der Waals surface area contributed by atoms with Gasteiger partial charge in [-0.1, -0.05) is 29.3 Å². The lowest BCUT2D eigenvalue weighted by Gasteiger charge is -2.37. The molecule has 1 amide bonds. The number of benzene rings is 2. The summed E-state index contributed by atoms with van der Waals surface area (Å²) in [5.41, 5.74) is 2.42. The quantitative estimate of drug-likeness (QED) is 0.490. The third kappa shape index (κ3) is 4.35. The van der Waals surface area contributed by atoms with E-state index < -0.39 is 0 Å². The lowest BCUT2D eigenvalue weighted by molar-refractivity contribution is 0.0932. The van der Waals surface area contributed by atoms with Crippen LogP contribution in [0.1, 0.15) is 10.4 Å². The maximum absolute atomic E-state index is 13.0. The van der Waals surface area contributed by atoms with Crippen LogP contribution in [-0.2, 0) is 0 Å². The van der Waals surface area contributed by atoms with Gasteiger partial charge in [-0.15, -0.1) is 0 Å². The first-order valence-corrected chi connectivity index (χ1v) is 11.5. The molecule has 2 aliphatic rings. The minimum absolute atomic E-state index is 0.0476. The smallest absolute Gasteiger partial charge is 0.268 e. The molecule has 3 heterocycles. The highest BCUT2D eigenvalue weighted by atomic mass is 35.5. The molecule has 1 saturated heterocycles. The van der Waals surface area contributed by atoms with E-state index in [4.69, 9.17) is 27.9 Å². The first-order chi connectivity index (χ1) is 16.5. The molecule has 0 radical (unpaired) electrons. The lowest BCUT2D eigenvalue weighted by Crippen LogP contribution is -2.53. The van der Waals surface area contributed by atoms with Gasteiger partial charge in [-0.2, -0.15) is 4.98 Å². The number of nitrogens with one attached hydrogen (secondary N) is 2. The van der Waals surface area contributed by atoms with Crippen LogP contribution < -0.4 is 25.2 Å². The molecule has 1 atom stereocenters. The van der Waals surface area contributed by atoms with E-state index in [2.05, 4.69) is 25.5 Å². The van der Waals surface area contributed by atoms with Crippen LogP contribution in [0.2, 0.25) is 10.0 Å². The molecule has 0 bridgehead atoms. The molecular weight excluding hydrogens is 479 g/mol. The maximum atomic E-state index is 13.0. The van der Waals surface area contributed by atoms with Gasteiger partial charge in [0.25, 0.3) is 5.91 Å². The van der Waals surface area contributed by atoms with Gasteiger partial charge in [0.15, 0.2) is 6.73 Å². The van der Waals surface area contributed by atoms with Gasteiger partial charge in [0.1, 0.15) is 5.56 Å². The van der Waals surface area contributed by atoms with Crippen molar-refractivity contribution in [3.8, 4) is 5.88 Å². The summed E-state index contributed by atoms with van der Waals surface area (Å²) in [7, 11) is 0. The molecule has 11 heteroatoms. The van der Waals surface area contributed by atoms with E-state index in [1.807, 2.05) is 24.3 Å². The number of aliphatic hydroxyl groups is 1.